The predicted octanol–water partition coefficient (Wildman–Crippen LogP) is -0.254. The molecular formula is C10H14N4O3. The molecule has 0 aliphatic heterocycles. The SMILES string of the molecule is NC(CCCC(=O)O)NC(=O)c1cnccn1. The number of hydrogen-bond acceptors (Lipinski definition) is 5. The molecule has 7 nitrogen and oxygen atoms in total. The van der Waals surface area contributed by atoms with Gasteiger partial charge in [0.25, 0.3) is 5.91 Å². The van der Waals surface area contributed by atoms with E-state index in [-0.39, 0.29) is 12.1 Å². The minimum absolute atomic E-state index is 0.0364. The maximum Gasteiger partial charge on any atom is 0.303 e. The molecule has 1 atom stereocenters. The molecule has 17 heavy (non-hydrogen) atoms. The molecule has 0 aliphatic carbocycles. The van der Waals surface area contributed by atoms with Crippen molar-refractivity contribution in [3.8, 4) is 0 Å². The van der Waals surface area contributed by atoms with Crippen molar-refractivity contribution in [3.05, 3.63) is 24.3 Å². The van der Waals surface area contributed by atoms with Crippen molar-refractivity contribution in [2.45, 2.75) is 25.4 Å². The van der Waals surface area contributed by atoms with Gasteiger partial charge < -0.3 is 16.2 Å². The minimum Gasteiger partial charge on any atom is -0.481 e. The first-order valence-electron chi connectivity index (χ1n) is 5.14. The molecule has 1 amide bonds. The number of aromatic nitrogens is 2. The Morgan fingerprint density at radius 2 is 2.24 bits per heavy atom. The van der Waals surface area contributed by atoms with Crippen LogP contribution in [-0.4, -0.2) is 33.1 Å². The Morgan fingerprint density at radius 3 is 2.82 bits per heavy atom. The quantitative estimate of drug-likeness (QED) is 0.588. The number of amides is 1. The number of hydrogen-bond donors (Lipinski definition) is 3. The van der Waals surface area contributed by atoms with Gasteiger partial charge in [0, 0.05) is 18.8 Å². The van der Waals surface area contributed by atoms with Crippen molar-refractivity contribution >= 4 is 11.9 Å². The van der Waals surface area contributed by atoms with Gasteiger partial charge in [0.2, 0.25) is 0 Å². The number of rotatable bonds is 6. The lowest BCUT2D eigenvalue weighted by Gasteiger charge is -2.12. The van der Waals surface area contributed by atoms with E-state index in [2.05, 4.69) is 15.3 Å². The van der Waals surface area contributed by atoms with Crippen molar-refractivity contribution in [3.63, 3.8) is 0 Å². The molecule has 1 aromatic rings. The summed E-state index contributed by atoms with van der Waals surface area (Å²) in [5.74, 6) is -1.29. The van der Waals surface area contributed by atoms with Gasteiger partial charge in [0.1, 0.15) is 5.69 Å². The van der Waals surface area contributed by atoms with Crippen LogP contribution >= 0.6 is 0 Å². The second-order valence-corrected chi connectivity index (χ2v) is 3.46. The summed E-state index contributed by atoms with van der Waals surface area (Å²) in [5, 5.41) is 11.0. The number of nitrogens with one attached hydrogen (secondary N) is 1. The average molecular weight is 238 g/mol. The lowest BCUT2D eigenvalue weighted by atomic mass is 10.2. The first-order chi connectivity index (χ1) is 8.09. The third-order valence-corrected chi connectivity index (χ3v) is 2.02. The Labute approximate surface area is 98.1 Å². The van der Waals surface area contributed by atoms with E-state index in [1.807, 2.05) is 0 Å². The highest BCUT2D eigenvalue weighted by molar-refractivity contribution is 5.92. The minimum atomic E-state index is -0.877. The number of aliphatic carboxylic acids is 1. The van der Waals surface area contributed by atoms with E-state index >= 15 is 0 Å². The summed E-state index contributed by atoms with van der Waals surface area (Å²) in [6, 6.07) is 0. The fourth-order valence-corrected chi connectivity index (χ4v) is 1.20. The van der Waals surface area contributed by atoms with E-state index in [0.29, 0.717) is 12.8 Å². The topological polar surface area (TPSA) is 118 Å². The van der Waals surface area contributed by atoms with E-state index < -0.39 is 18.0 Å². The molecule has 0 aliphatic rings. The Balaban J connectivity index is 2.34. The third-order valence-electron chi connectivity index (χ3n) is 2.02. The van der Waals surface area contributed by atoms with Crippen LogP contribution in [-0.2, 0) is 4.79 Å². The van der Waals surface area contributed by atoms with Gasteiger partial charge in [0.05, 0.1) is 12.4 Å². The number of carboxylic acids is 1. The van der Waals surface area contributed by atoms with E-state index in [4.69, 9.17) is 10.8 Å². The normalized spacial score (nSPS) is 11.8. The summed E-state index contributed by atoms with van der Waals surface area (Å²) in [7, 11) is 0. The lowest BCUT2D eigenvalue weighted by molar-refractivity contribution is -0.137. The summed E-state index contributed by atoms with van der Waals surface area (Å²) < 4.78 is 0. The Bertz CT molecular complexity index is 382. The van der Waals surface area contributed by atoms with E-state index in [1.54, 1.807) is 0 Å². The van der Waals surface area contributed by atoms with Crippen molar-refractivity contribution < 1.29 is 14.7 Å². The number of nitrogens with two attached hydrogens (primary N) is 1. The van der Waals surface area contributed by atoms with Crippen LogP contribution in [0.15, 0.2) is 18.6 Å². The van der Waals surface area contributed by atoms with Gasteiger partial charge >= 0.3 is 5.97 Å². The molecule has 0 saturated heterocycles. The van der Waals surface area contributed by atoms with Crippen LogP contribution in [0.5, 0.6) is 0 Å². The molecule has 0 spiro atoms. The van der Waals surface area contributed by atoms with Crippen molar-refractivity contribution in [2.24, 2.45) is 5.73 Å². The lowest BCUT2D eigenvalue weighted by Crippen LogP contribution is -2.41. The maximum absolute atomic E-state index is 11.5. The third kappa shape index (κ3) is 5.03. The van der Waals surface area contributed by atoms with Gasteiger partial charge in [-0.25, -0.2) is 4.98 Å². The molecule has 0 bridgehead atoms. The molecule has 1 heterocycles. The first-order valence-corrected chi connectivity index (χ1v) is 5.14. The fraction of sp³-hybridized carbons (Fsp3) is 0.400. The zero-order chi connectivity index (χ0) is 12.7. The van der Waals surface area contributed by atoms with Gasteiger partial charge in [-0.2, -0.15) is 0 Å². The number of nitrogens with zero attached hydrogens (tertiary/aromatic N) is 2. The molecule has 0 fully saturated rings. The largest absolute Gasteiger partial charge is 0.481 e. The van der Waals surface area contributed by atoms with Crippen molar-refractivity contribution in [1.82, 2.24) is 15.3 Å². The van der Waals surface area contributed by atoms with Crippen LogP contribution in [0.25, 0.3) is 0 Å². The maximum atomic E-state index is 11.5. The molecule has 0 aromatic carbocycles. The van der Waals surface area contributed by atoms with E-state index in [1.165, 1.54) is 18.6 Å². The van der Waals surface area contributed by atoms with Crippen LogP contribution in [0.3, 0.4) is 0 Å². The average Bonchev–Trinajstić information content (AvgIpc) is 2.29. The highest BCUT2D eigenvalue weighted by atomic mass is 16.4. The molecule has 7 heteroatoms. The first kappa shape index (κ1) is 13.0. The zero-order valence-corrected chi connectivity index (χ0v) is 9.17. The number of carbonyl (C=O) groups excluding carboxylic acids is 1. The van der Waals surface area contributed by atoms with Gasteiger partial charge in [-0.3, -0.25) is 14.6 Å². The summed E-state index contributed by atoms with van der Waals surface area (Å²) in [4.78, 5) is 29.4. The fourth-order valence-electron chi connectivity index (χ4n) is 1.20. The van der Waals surface area contributed by atoms with Crippen LogP contribution in [0, 0.1) is 0 Å². The van der Waals surface area contributed by atoms with Crippen LogP contribution in [0.2, 0.25) is 0 Å². The summed E-state index contributed by atoms with van der Waals surface area (Å²) in [5.41, 5.74) is 5.81. The van der Waals surface area contributed by atoms with Crippen LogP contribution in [0.4, 0.5) is 0 Å². The number of carboxylic acid groups (broad SMARTS) is 1. The second kappa shape index (κ2) is 6.54. The standard InChI is InChI=1S/C10H14N4O3/c11-8(2-1-3-9(15)16)14-10(17)7-6-12-4-5-13-7/h4-6,8H,1-3,11H2,(H,14,17)(H,15,16). The smallest absolute Gasteiger partial charge is 0.303 e. The van der Waals surface area contributed by atoms with Crippen molar-refractivity contribution in [1.29, 1.82) is 0 Å². The summed E-state index contributed by atoms with van der Waals surface area (Å²) >= 11 is 0. The molecular weight excluding hydrogens is 224 g/mol. The van der Waals surface area contributed by atoms with E-state index in [9.17, 15) is 9.59 Å². The Morgan fingerprint density at radius 1 is 1.47 bits per heavy atom. The van der Waals surface area contributed by atoms with Crippen LogP contribution in [0.1, 0.15) is 29.8 Å². The van der Waals surface area contributed by atoms with Gasteiger partial charge in [-0.1, -0.05) is 0 Å². The van der Waals surface area contributed by atoms with Crippen molar-refractivity contribution in [2.75, 3.05) is 0 Å². The molecule has 4 N–H and O–H groups in total. The zero-order valence-electron chi connectivity index (χ0n) is 9.17. The highest BCUT2D eigenvalue weighted by Crippen LogP contribution is 1.98. The predicted molar refractivity (Wildman–Crippen MR) is 59.0 cm³/mol. The molecule has 0 saturated carbocycles. The molecule has 1 unspecified atom stereocenters. The van der Waals surface area contributed by atoms with E-state index in [0.717, 1.165) is 0 Å². The van der Waals surface area contributed by atoms with Crippen LogP contribution < -0.4 is 11.1 Å². The molecule has 92 valence electrons. The summed E-state index contributed by atoms with van der Waals surface area (Å²) in [6.45, 7) is 0. The van der Waals surface area contributed by atoms with Gasteiger partial charge in [0.15, 0.2) is 0 Å². The van der Waals surface area contributed by atoms with Gasteiger partial charge in [-0.05, 0) is 12.8 Å². The molecule has 0 radical (unpaired) electrons. The second-order valence-electron chi connectivity index (χ2n) is 3.46. The molecule has 1 rings (SSSR count). The summed E-state index contributed by atoms with van der Waals surface area (Å²) in [6.07, 6.45) is 4.47. The van der Waals surface area contributed by atoms with Gasteiger partial charge in [-0.15, -0.1) is 0 Å². The number of carbonyl (C=O) groups is 2. The Hall–Kier alpha value is -2.02. The Kier molecular flexibility index (Phi) is 5.02. The monoisotopic (exact) mass is 238 g/mol. The molecule has 1 aromatic heterocycles. The highest BCUT2D eigenvalue weighted by Gasteiger charge is 2.11.